The van der Waals surface area contributed by atoms with Crippen molar-refractivity contribution in [1.82, 2.24) is 9.78 Å². The number of methoxy groups -OCH3 is 1. The van der Waals surface area contributed by atoms with Gasteiger partial charge < -0.3 is 15.4 Å². The van der Waals surface area contributed by atoms with E-state index in [9.17, 15) is 4.79 Å². The lowest BCUT2D eigenvalue weighted by molar-refractivity contribution is 0.0709. The van der Waals surface area contributed by atoms with E-state index in [1.54, 1.807) is 20.4 Å². The minimum atomic E-state index is -0.288. The summed E-state index contributed by atoms with van der Waals surface area (Å²) < 4.78 is 6.61. The highest BCUT2D eigenvalue weighted by atomic mass is 35.5. The van der Waals surface area contributed by atoms with Crippen LogP contribution in [-0.4, -0.2) is 42.1 Å². The van der Waals surface area contributed by atoms with Gasteiger partial charge in [-0.1, -0.05) is 11.6 Å². The van der Waals surface area contributed by atoms with Crippen molar-refractivity contribution < 1.29 is 4.74 Å². The monoisotopic (exact) mass is 286 g/mol. The van der Waals surface area contributed by atoms with E-state index in [4.69, 9.17) is 22.1 Å². The zero-order chi connectivity index (χ0) is 14.0. The number of ether oxygens (including phenoxy) is 1. The van der Waals surface area contributed by atoms with Gasteiger partial charge in [-0.15, -0.1) is 0 Å². The first-order chi connectivity index (χ1) is 9.08. The van der Waals surface area contributed by atoms with Crippen molar-refractivity contribution in [3.8, 4) is 0 Å². The van der Waals surface area contributed by atoms with Crippen molar-refractivity contribution in [3.05, 3.63) is 21.6 Å². The molecule has 1 saturated heterocycles. The summed E-state index contributed by atoms with van der Waals surface area (Å²) in [6.45, 7) is 1.25. The number of hydrogen-bond donors (Lipinski definition) is 1. The molecule has 0 aromatic carbocycles. The van der Waals surface area contributed by atoms with Gasteiger partial charge >= 0.3 is 0 Å². The van der Waals surface area contributed by atoms with Crippen molar-refractivity contribution in [2.75, 3.05) is 25.1 Å². The molecule has 1 fully saturated rings. The molecule has 2 N–H and O–H groups in total. The zero-order valence-electron chi connectivity index (χ0n) is 11.2. The molecule has 1 aliphatic rings. The summed E-state index contributed by atoms with van der Waals surface area (Å²) in [5, 5.41) is 4.23. The zero-order valence-corrected chi connectivity index (χ0v) is 11.9. The van der Waals surface area contributed by atoms with Crippen LogP contribution >= 0.6 is 11.6 Å². The van der Waals surface area contributed by atoms with E-state index in [-0.39, 0.29) is 22.7 Å². The molecule has 1 aromatic heterocycles. The Morgan fingerprint density at radius 1 is 1.63 bits per heavy atom. The summed E-state index contributed by atoms with van der Waals surface area (Å²) >= 11 is 6.14. The molecule has 7 heteroatoms. The summed E-state index contributed by atoms with van der Waals surface area (Å²) in [6.07, 6.45) is 3.56. The smallest absolute Gasteiger partial charge is 0.287 e. The fraction of sp³-hybridized carbons (Fsp3) is 0.667. The third kappa shape index (κ3) is 2.75. The normalized spacial score (nSPS) is 23.7. The van der Waals surface area contributed by atoms with Crippen LogP contribution in [0.2, 0.25) is 5.02 Å². The van der Waals surface area contributed by atoms with Gasteiger partial charge in [-0.3, -0.25) is 4.79 Å². The predicted octanol–water partition coefficient (Wildman–Crippen LogP) is 0.376. The largest absolute Gasteiger partial charge is 0.381 e. The molecular formula is C12H19ClN4O2. The topological polar surface area (TPSA) is 73.4 Å². The van der Waals surface area contributed by atoms with E-state index in [0.717, 1.165) is 19.4 Å². The molecule has 0 radical (unpaired) electrons. The molecular weight excluding hydrogens is 268 g/mol. The Labute approximate surface area is 117 Å². The van der Waals surface area contributed by atoms with Crippen LogP contribution in [-0.2, 0) is 11.8 Å². The fourth-order valence-electron chi connectivity index (χ4n) is 2.47. The maximum absolute atomic E-state index is 11.8. The molecule has 2 rings (SSSR count). The van der Waals surface area contributed by atoms with E-state index in [1.165, 1.54) is 4.68 Å². The molecule has 0 aliphatic carbocycles. The molecule has 19 heavy (non-hydrogen) atoms. The van der Waals surface area contributed by atoms with Gasteiger partial charge in [0.1, 0.15) is 5.02 Å². The number of aryl methyl sites for hydroxylation is 1. The second-order valence-electron chi connectivity index (χ2n) is 4.74. The van der Waals surface area contributed by atoms with Gasteiger partial charge in [-0.2, -0.15) is 5.10 Å². The standard InChI is InChI=1S/C12H19ClN4O2/c1-16-12(18)11(13)10(7-15-16)17-4-3-9(19-2)5-8(17)6-14/h7-9H,3-6,14H2,1-2H3. The lowest BCUT2D eigenvalue weighted by Crippen LogP contribution is -2.49. The van der Waals surface area contributed by atoms with Crippen LogP contribution in [0.25, 0.3) is 0 Å². The number of halogens is 1. The number of nitrogens with zero attached hydrogens (tertiary/aromatic N) is 3. The van der Waals surface area contributed by atoms with Crippen LogP contribution in [0, 0.1) is 0 Å². The van der Waals surface area contributed by atoms with Crippen molar-refractivity contribution in [2.45, 2.75) is 25.0 Å². The van der Waals surface area contributed by atoms with E-state index in [0.29, 0.717) is 12.2 Å². The summed E-state index contributed by atoms with van der Waals surface area (Å²) in [5.74, 6) is 0. The average Bonchev–Trinajstić information content (AvgIpc) is 2.44. The van der Waals surface area contributed by atoms with E-state index >= 15 is 0 Å². The van der Waals surface area contributed by atoms with Crippen LogP contribution in [0.4, 0.5) is 5.69 Å². The van der Waals surface area contributed by atoms with Gasteiger partial charge in [-0.25, -0.2) is 4.68 Å². The van der Waals surface area contributed by atoms with Gasteiger partial charge in [-0.05, 0) is 12.8 Å². The SMILES string of the molecule is COC1CCN(c2cnn(C)c(=O)c2Cl)C(CN)C1. The highest BCUT2D eigenvalue weighted by Gasteiger charge is 2.29. The number of anilines is 1. The average molecular weight is 287 g/mol. The predicted molar refractivity (Wildman–Crippen MR) is 74.7 cm³/mol. The van der Waals surface area contributed by atoms with Crippen molar-refractivity contribution in [2.24, 2.45) is 12.8 Å². The maximum atomic E-state index is 11.8. The van der Waals surface area contributed by atoms with Crippen LogP contribution in [0.15, 0.2) is 11.0 Å². The Morgan fingerprint density at radius 2 is 2.37 bits per heavy atom. The molecule has 1 aromatic rings. The lowest BCUT2D eigenvalue weighted by atomic mass is 9.99. The molecule has 0 saturated carbocycles. The van der Waals surface area contributed by atoms with Gasteiger partial charge in [0, 0.05) is 33.3 Å². The first kappa shape index (κ1) is 14.3. The third-order valence-corrected chi connectivity index (χ3v) is 4.00. The van der Waals surface area contributed by atoms with E-state index in [1.807, 2.05) is 0 Å². The Kier molecular flexibility index (Phi) is 4.44. The Bertz CT molecular complexity index is 505. The van der Waals surface area contributed by atoms with Crippen LogP contribution < -0.4 is 16.2 Å². The summed E-state index contributed by atoms with van der Waals surface area (Å²) in [5.41, 5.74) is 6.20. The number of rotatable bonds is 3. The molecule has 106 valence electrons. The highest BCUT2D eigenvalue weighted by Crippen LogP contribution is 2.28. The minimum Gasteiger partial charge on any atom is -0.381 e. The lowest BCUT2D eigenvalue weighted by Gasteiger charge is -2.40. The van der Waals surface area contributed by atoms with Gasteiger partial charge in [0.15, 0.2) is 0 Å². The molecule has 2 heterocycles. The molecule has 2 atom stereocenters. The number of hydrogen-bond acceptors (Lipinski definition) is 5. The Morgan fingerprint density at radius 3 is 3.00 bits per heavy atom. The Hall–Kier alpha value is -1.11. The fourth-order valence-corrected chi connectivity index (χ4v) is 2.75. The van der Waals surface area contributed by atoms with Crippen molar-refractivity contribution >= 4 is 17.3 Å². The Balaban J connectivity index is 2.31. The quantitative estimate of drug-likeness (QED) is 0.869. The second kappa shape index (κ2) is 5.90. The summed E-state index contributed by atoms with van der Waals surface area (Å²) in [6, 6.07) is 0.116. The molecule has 0 amide bonds. The molecule has 6 nitrogen and oxygen atoms in total. The van der Waals surface area contributed by atoms with Crippen molar-refractivity contribution in [1.29, 1.82) is 0 Å². The second-order valence-corrected chi connectivity index (χ2v) is 5.12. The maximum Gasteiger partial charge on any atom is 0.287 e. The minimum absolute atomic E-state index is 0.116. The van der Waals surface area contributed by atoms with Gasteiger partial charge in [0.05, 0.1) is 18.0 Å². The van der Waals surface area contributed by atoms with Gasteiger partial charge in [0.2, 0.25) is 0 Å². The van der Waals surface area contributed by atoms with Gasteiger partial charge in [0.25, 0.3) is 5.56 Å². The number of aromatic nitrogens is 2. The summed E-state index contributed by atoms with van der Waals surface area (Å²) in [4.78, 5) is 13.9. The molecule has 0 spiro atoms. The number of nitrogens with two attached hydrogens (primary N) is 1. The van der Waals surface area contributed by atoms with Crippen LogP contribution in [0.1, 0.15) is 12.8 Å². The molecule has 2 unspecified atom stereocenters. The summed E-state index contributed by atoms with van der Waals surface area (Å²) in [7, 11) is 3.29. The highest BCUT2D eigenvalue weighted by molar-refractivity contribution is 6.33. The molecule has 0 bridgehead atoms. The first-order valence-corrected chi connectivity index (χ1v) is 6.67. The number of piperidine rings is 1. The van der Waals surface area contributed by atoms with Crippen LogP contribution in [0.5, 0.6) is 0 Å². The van der Waals surface area contributed by atoms with E-state index in [2.05, 4.69) is 10.00 Å². The van der Waals surface area contributed by atoms with E-state index < -0.39 is 0 Å². The first-order valence-electron chi connectivity index (χ1n) is 6.29. The molecule has 1 aliphatic heterocycles. The van der Waals surface area contributed by atoms with Crippen molar-refractivity contribution in [3.63, 3.8) is 0 Å². The third-order valence-electron chi connectivity index (χ3n) is 3.64. The van der Waals surface area contributed by atoms with Crippen LogP contribution in [0.3, 0.4) is 0 Å².